The first-order chi connectivity index (χ1) is 9.66. The van der Waals surface area contributed by atoms with Crippen LogP contribution >= 0.6 is 11.6 Å². The Hall–Kier alpha value is -1.22. The number of carbonyl (C=O) groups is 1. The van der Waals surface area contributed by atoms with Gasteiger partial charge in [0.25, 0.3) is 0 Å². The van der Waals surface area contributed by atoms with Crippen LogP contribution in [0.15, 0.2) is 17.0 Å². The maximum absolute atomic E-state index is 13.7. The third-order valence-corrected chi connectivity index (χ3v) is 3.79. The minimum absolute atomic E-state index is 0.138. The molecule has 0 fully saturated rings. The molecule has 0 aliphatic carbocycles. The van der Waals surface area contributed by atoms with Gasteiger partial charge in [0.2, 0.25) is 10.0 Å². The van der Waals surface area contributed by atoms with Crippen molar-refractivity contribution < 1.29 is 27.1 Å². The number of halogens is 2. The number of carbonyl (C=O) groups excluding carboxylic acids is 1. The van der Waals surface area contributed by atoms with Crippen LogP contribution in [-0.4, -0.2) is 33.7 Å². The Morgan fingerprint density at radius 1 is 1.48 bits per heavy atom. The van der Waals surface area contributed by atoms with Gasteiger partial charge in [-0.2, -0.15) is 0 Å². The van der Waals surface area contributed by atoms with Crippen LogP contribution in [0.25, 0.3) is 0 Å². The van der Waals surface area contributed by atoms with Crippen molar-refractivity contribution in [2.24, 2.45) is 5.14 Å². The zero-order valence-electron chi connectivity index (χ0n) is 11.4. The summed E-state index contributed by atoms with van der Waals surface area (Å²) < 4.78 is 46.3. The zero-order valence-corrected chi connectivity index (χ0v) is 13.0. The second-order valence-corrected chi connectivity index (χ2v) is 6.12. The Balaban J connectivity index is 3.05. The van der Waals surface area contributed by atoms with Gasteiger partial charge in [-0.15, -0.1) is 0 Å². The molecule has 0 heterocycles. The predicted octanol–water partition coefficient (Wildman–Crippen LogP) is 1.71. The molecule has 1 aromatic rings. The lowest BCUT2D eigenvalue weighted by molar-refractivity contribution is 0.00398. The van der Waals surface area contributed by atoms with E-state index >= 15 is 0 Å². The smallest absolute Gasteiger partial charge is 0.341 e. The molecular weight excluding hydrogens is 325 g/mol. The van der Waals surface area contributed by atoms with E-state index in [-0.39, 0.29) is 6.61 Å². The van der Waals surface area contributed by atoms with Crippen LogP contribution in [0.1, 0.15) is 24.2 Å². The molecule has 118 valence electrons. The molecule has 9 heteroatoms. The standard InChI is InChI=1S/C12H15ClFNO5S/c1-3-19-6-7(2)20-12(16)8-4-11(21(15,17)18)9(13)5-10(8)14/h4-5,7H,3,6H2,1-2H3,(H2,15,17,18). The van der Waals surface area contributed by atoms with E-state index < -0.39 is 43.4 Å². The van der Waals surface area contributed by atoms with Gasteiger partial charge in [-0.25, -0.2) is 22.7 Å². The average molecular weight is 340 g/mol. The molecule has 0 aliphatic heterocycles. The molecule has 1 aromatic carbocycles. The van der Waals surface area contributed by atoms with E-state index in [0.29, 0.717) is 12.7 Å². The summed E-state index contributed by atoms with van der Waals surface area (Å²) in [5.41, 5.74) is -0.563. The zero-order chi connectivity index (χ0) is 16.2. The maximum Gasteiger partial charge on any atom is 0.341 e. The van der Waals surface area contributed by atoms with E-state index in [2.05, 4.69) is 0 Å². The minimum atomic E-state index is -4.18. The van der Waals surface area contributed by atoms with Gasteiger partial charge in [-0.3, -0.25) is 0 Å². The molecule has 0 amide bonds. The lowest BCUT2D eigenvalue weighted by atomic mass is 10.2. The van der Waals surface area contributed by atoms with Crippen LogP contribution in [0.5, 0.6) is 0 Å². The topological polar surface area (TPSA) is 95.7 Å². The number of sulfonamides is 1. The Kier molecular flexibility index (Phi) is 6.09. The van der Waals surface area contributed by atoms with Gasteiger partial charge in [0.15, 0.2) is 0 Å². The quantitative estimate of drug-likeness (QED) is 0.796. The Morgan fingerprint density at radius 3 is 2.62 bits per heavy atom. The molecule has 0 saturated carbocycles. The fourth-order valence-corrected chi connectivity index (χ4v) is 2.55. The molecule has 0 bridgehead atoms. The first kappa shape index (κ1) is 17.8. The van der Waals surface area contributed by atoms with E-state index in [1.165, 1.54) is 0 Å². The van der Waals surface area contributed by atoms with Crippen molar-refractivity contribution in [3.05, 3.63) is 28.5 Å². The summed E-state index contributed by atoms with van der Waals surface area (Å²) >= 11 is 5.59. The first-order valence-corrected chi connectivity index (χ1v) is 7.89. The van der Waals surface area contributed by atoms with Gasteiger partial charge < -0.3 is 9.47 Å². The SMILES string of the molecule is CCOCC(C)OC(=O)c1cc(S(N)(=O)=O)c(Cl)cc1F. The molecule has 0 spiro atoms. The van der Waals surface area contributed by atoms with Crippen molar-refractivity contribution >= 4 is 27.6 Å². The van der Waals surface area contributed by atoms with Crippen LogP contribution in [0.3, 0.4) is 0 Å². The highest BCUT2D eigenvalue weighted by atomic mass is 35.5. The highest BCUT2D eigenvalue weighted by molar-refractivity contribution is 7.89. The third kappa shape index (κ3) is 4.92. The monoisotopic (exact) mass is 339 g/mol. The van der Waals surface area contributed by atoms with Gasteiger partial charge in [0.1, 0.15) is 16.8 Å². The summed E-state index contributed by atoms with van der Waals surface area (Å²) in [4.78, 5) is 11.3. The van der Waals surface area contributed by atoms with Crippen LogP contribution in [0.4, 0.5) is 4.39 Å². The molecule has 6 nitrogen and oxygen atoms in total. The second-order valence-electron chi connectivity index (χ2n) is 4.18. The van der Waals surface area contributed by atoms with Crippen molar-refractivity contribution in [3.8, 4) is 0 Å². The van der Waals surface area contributed by atoms with Crippen molar-refractivity contribution in [1.29, 1.82) is 0 Å². The molecule has 0 aliphatic rings. The number of esters is 1. The Bertz CT molecular complexity index is 635. The van der Waals surface area contributed by atoms with E-state index in [9.17, 15) is 17.6 Å². The number of primary sulfonamides is 1. The molecular formula is C12H15ClFNO5S. The van der Waals surface area contributed by atoms with Crippen molar-refractivity contribution in [2.45, 2.75) is 24.8 Å². The predicted molar refractivity (Wildman–Crippen MR) is 74.2 cm³/mol. The number of hydrogen-bond donors (Lipinski definition) is 1. The first-order valence-electron chi connectivity index (χ1n) is 5.97. The van der Waals surface area contributed by atoms with Crippen LogP contribution < -0.4 is 5.14 Å². The summed E-state index contributed by atoms with van der Waals surface area (Å²) in [5.74, 6) is -2.03. The van der Waals surface area contributed by atoms with Gasteiger partial charge >= 0.3 is 5.97 Å². The number of hydrogen-bond acceptors (Lipinski definition) is 5. The minimum Gasteiger partial charge on any atom is -0.457 e. The van der Waals surface area contributed by atoms with Crippen molar-refractivity contribution in [3.63, 3.8) is 0 Å². The summed E-state index contributed by atoms with van der Waals surface area (Å²) in [5, 5.41) is 4.53. The second kappa shape index (κ2) is 7.17. The highest BCUT2D eigenvalue weighted by Gasteiger charge is 2.22. The largest absolute Gasteiger partial charge is 0.457 e. The lowest BCUT2D eigenvalue weighted by Gasteiger charge is -2.14. The number of benzene rings is 1. The molecule has 2 N–H and O–H groups in total. The number of ether oxygens (including phenoxy) is 2. The third-order valence-electron chi connectivity index (χ3n) is 2.41. The summed E-state index contributed by atoms with van der Waals surface area (Å²) in [6.45, 7) is 3.90. The van der Waals surface area contributed by atoms with Gasteiger partial charge in [0.05, 0.1) is 17.2 Å². The lowest BCUT2D eigenvalue weighted by Crippen LogP contribution is -2.22. The Morgan fingerprint density at radius 2 is 2.10 bits per heavy atom. The van der Waals surface area contributed by atoms with Crippen LogP contribution in [0.2, 0.25) is 5.02 Å². The molecule has 1 atom stereocenters. The maximum atomic E-state index is 13.7. The van der Waals surface area contributed by atoms with E-state index in [1.807, 2.05) is 0 Å². The molecule has 0 saturated heterocycles. The van der Waals surface area contributed by atoms with Crippen molar-refractivity contribution in [1.82, 2.24) is 0 Å². The van der Waals surface area contributed by atoms with E-state index in [0.717, 1.165) is 6.07 Å². The fourth-order valence-electron chi connectivity index (χ4n) is 1.47. The number of nitrogens with two attached hydrogens (primary N) is 1. The normalized spacial score (nSPS) is 13.0. The summed E-state index contributed by atoms with van der Waals surface area (Å²) in [7, 11) is -4.18. The summed E-state index contributed by atoms with van der Waals surface area (Å²) in [6, 6.07) is 1.45. The molecule has 0 aromatic heterocycles. The van der Waals surface area contributed by atoms with Gasteiger partial charge in [-0.1, -0.05) is 11.6 Å². The molecule has 1 rings (SSSR count). The molecule has 1 unspecified atom stereocenters. The highest BCUT2D eigenvalue weighted by Crippen LogP contribution is 2.24. The van der Waals surface area contributed by atoms with Crippen molar-refractivity contribution in [2.75, 3.05) is 13.2 Å². The Labute approximate surface area is 127 Å². The van der Waals surface area contributed by atoms with Crippen LogP contribution in [-0.2, 0) is 19.5 Å². The van der Waals surface area contributed by atoms with E-state index in [4.69, 9.17) is 26.2 Å². The van der Waals surface area contributed by atoms with Crippen LogP contribution in [0, 0.1) is 5.82 Å². The van der Waals surface area contributed by atoms with Gasteiger partial charge in [0, 0.05) is 6.61 Å². The number of rotatable bonds is 6. The molecule has 0 radical (unpaired) electrons. The van der Waals surface area contributed by atoms with Gasteiger partial charge in [-0.05, 0) is 26.0 Å². The molecule has 21 heavy (non-hydrogen) atoms. The summed E-state index contributed by atoms with van der Waals surface area (Å²) in [6.07, 6.45) is -0.620. The average Bonchev–Trinajstić information content (AvgIpc) is 2.34. The fraction of sp³-hybridized carbons (Fsp3) is 0.417. The van der Waals surface area contributed by atoms with E-state index in [1.54, 1.807) is 13.8 Å².